The molecule has 0 spiro atoms. The lowest BCUT2D eigenvalue weighted by Gasteiger charge is -2.00. The Hall–Kier alpha value is -1.91. The second-order valence-electron chi connectivity index (χ2n) is 4.68. The number of halogens is 1. The molecule has 1 aromatic heterocycles. The average Bonchev–Trinajstić information content (AvgIpc) is 3.01. The number of hydrogen-bond donors (Lipinski definition) is 1. The maximum atomic E-state index is 13.1. The highest BCUT2D eigenvalue weighted by Crippen LogP contribution is 2.33. The van der Waals surface area contributed by atoms with Gasteiger partial charge in [-0.25, -0.2) is 4.39 Å². The third-order valence-corrected chi connectivity index (χ3v) is 3.41. The van der Waals surface area contributed by atoms with Crippen LogP contribution in [0.5, 0.6) is 0 Å². The van der Waals surface area contributed by atoms with Crippen molar-refractivity contribution in [3.05, 3.63) is 29.8 Å². The van der Waals surface area contributed by atoms with E-state index in [0.717, 1.165) is 18.7 Å². The van der Waals surface area contributed by atoms with Crippen molar-refractivity contribution >= 4 is 5.69 Å². The van der Waals surface area contributed by atoms with Gasteiger partial charge < -0.3 is 10.3 Å². The van der Waals surface area contributed by atoms with E-state index in [4.69, 9.17) is 10.3 Å². The van der Waals surface area contributed by atoms with Crippen LogP contribution in [0.15, 0.2) is 22.7 Å². The molecule has 0 saturated heterocycles. The Balaban J connectivity index is 1.89. The quantitative estimate of drug-likeness (QED) is 0.828. The number of anilines is 1. The van der Waals surface area contributed by atoms with Crippen LogP contribution in [0.25, 0.3) is 11.5 Å². The highest BCUT2D eigenvalue weighted by atomic mass is 19.1. The standard InChI is InChI=1S/C13H14FN3O/c14-10-6-5-9(7-11(10)15)13-16-12(17-18-13)8-3-1-2-4-8/h5-8H,1-4,15H2. The van der Waals surface area contributed by atoms with Gasteiger partial charge in [0.15, 0.2) is 5.82 Å². The molecule has 1 heterocycles. The van der Waals surface area contributed by atoms with Crippen molar-refractivity contribution in [1.82, 2.24) is 10.1 Å². The highest BCUT2D eigenvalue weighted by molar-refractivity contribution is 5.60. The van der Waals surface area contributed by atoms with Crippen LogP contribution in [-0.2, 0) is 0 Å². The zero-order chi connectivity index (χ0) is 12.5. The highest BCUT2D eigenvalue weighted by Gasteiger charge is 2.22. The van der Waals surface area contributed by atoms with E-state index in [-0.39, 0.29) is 5.69 Å². The second kappa shape index (κ2) is 4.40. The van der Waals surface area contributed by atoms with Crippen molar-refractivity contribution < 1.29 is 8.91 Å². The third kappa shape index (κ3) is 1.96. The maximum absolute atomic E-state index is 13.1. The lowest BCUT2D eigenvalue weighted by Crippen LogP contribution is -1.95. The molecule has 0 amide bonds. The van der Waals surface area contributed by atoms with Gasteiger partial charge in [-0.05, 0) is 31.0 Å². The normalized spacial score (nSPS) is 16.3. The largest absolute Gasteiger partial charge is 0.396 e. The van der Waals surface area contributed by atoms with Gasteiger partial charge in [0.25, 0.3) is 5.89 Å². The molecule has 0 unspecified atom stereocenters. The van der Waals surface area contributed by atoms with E-state index < -0.39 is 5.82 Å². The Morgan fingerprint density at radius 3 is 2.78 bits per heavy atom. The number of nitrogen functional groups attached to an aromatic ring is 1. The fourth-order valence-electron chi connectivity index (χ4n) is 2.38. The van der Waals surface area contributed by atoms with Crippen LogP contribution in [0.1, 0.15) is 37.4 Å². The van der Waals surface area contributed by atoms with Crippen LogP contribution in [0.4, 0.5) is 10.1 Å². The predicted molar refractivity (Wildman–Crippen MR) is 65.3 cm³/mol. The van der Waals surface area contributed by atoms with Gasteiger partial charge in [-0.15, -0.1) is 0 Å². The molecule has 94 valence electrons. The molecule has 18 heavy (non-hydrogen) atoms. The maximum Gasteiger partial charge on any atom is 0.258 e. The van der Waals surface area contributed by atoms with E-state index in [2.05, 4.69) is 10.1 Å². The fraction of sp³-hybridized carbons (Fsp3) is 0.385. The Bertz CT molecular complexity index is 561. The van der Waals surface area contributed by atoms with E-state index >= 15 is 0 Å². The average molecular weight is 247 g/mol. The number of hydrogen-bond acceptors (Lipinski definition) is 4. The van der Waals surface area contributed by atoms with E-state index in [1.165, 1.54) is 25.0 Å². The summed E-state index contributed by atoms with van der Waals surface area (Å²) in [5, 5.41) is 4.01. The first-order chi connectivity index (χ1) is 8.74. The van der Waals surface area contributed by atoms with E-state index in [1.807, 2.05) is 0 Å². The molecule has 1 aliphatic carbocycles. The second-order valence-corrected chi connectivity index (χ2v) is 4.68. The summed E-state index contributed by atoms with van der Waals surface area (Å²) in [5.41, 5.74) is 6.27. The zero-order valence-corrected chi connectivity index (χ0v) is 9.90. The molecule has 2 N–H and O–H groups in total. The van der Waals surface area contributed by atoms with E-state index in [9.17, 15) is 4.39 Å². The molecule has 4 nitrogen and oxygen atoms in total. The number of nitrogens with zero attached hydrogens (tertiary/aromatic N) is 2. The Morgan fingerprint density at radius 1 is 1.28 bits per heavy atom. The molecular weight excluding hydrogens is 233 g/mol. The topological polar surface area (TPSA) is 64.9 Å². The molecule has 1 saturated carbocycles. The number of benzene rings is 1. The van der Waals surface area contributed by atoms with Gasteiger partial charge in [-0.3, -0.25) is 0 Å². The SMILES string of the molecule is Nc1cc(-c2nc(C3CCCC3)no2)ccc1F. The summed E-state index contributed by atoms with van der Waals surface area (Å²) in [6.45, 7) is 0. The number of aromatic nitrogens is 2. The molecule has 1 aliphatic rings. The Morgan fingerprint density at radius 2 is 2.06 bits per heavy atom. The summed E-state index contributed by atoms with van der Waals surface area (Å²) in [6, 6.07) is 4.42. The van der Waals surface area contributed by atoms with Crippen LogP contribution in [0, 0.1) is 5.82 Å². The van der Waals surface area contributed by atoms with Crippen molar-refractivity contribution in [3.63, 3.8) is 0 Å². The van der Waals surface area contributed by atoms with Gasteiger partial charge in [-0.2, -0.15) is 4.98 Å². The van der Waals surface area contributed by atoms with Crippen molar-refractivity contribution in [2.24, 2.45) is 0 Å². The van der Waals surface area contributed by atoms with E-state index in [1.54, 1.807) is 6.07 Å². The first-order valence-corrected chi connectivity index (χ1v) is 6.13. The number of nitrogens with two attached hydrogens (primary N) is 1. The molecule has 0 aliphatic heterocycles. The molecular formula is C13H14FN3O. The van der Waals surface area contributed by atoms with E-state index in [0.29, 0.717) is 17.4 Å². The van der Waals surface area contributed by atoms with Crippen molar-refractivity contribution in [2.45, 2.75) is 31.6 Å². The lowest BCUT2D eigenvalue weighted by atomic mass is 10.1. The molecule has 1 aromatic carbocycles. The number of rotatable bonds is 2. The first kappa shape index (κ1) is 11.2. The van der Waals surface area contributed by atoms with Crippen molar-refractivity contribution in [3.8, 4) is 11.5 Å². The lowest BCUT2D eigenvalue weighted by molar-refractivity contribution is 0.415. The van der Waals surface area contributed by atoms with Gasteiger partial charge >= 0.3 is 0 Å². The minimum Gasteiger partial charge on any atom is -0.396 e. The molecule has 5 heteroatoms. The molecule has 0 atom stereocenters. The molecule has 0 radical (unpaired) electrons. The summed E-state index contributed by atoms with van der Waals surface area (Å²) in [5.74, 6) is 1.13. The van der Waals surface area contributed by atoms with Gasteiger partial charge in [0.2, 0.25) is 0 Å². The summed E-state index contributed by atoms with van der Waals surface area (Å²) >= 11 is 0. The minimum atomic E-state index is -0.436. The van der Waals surface area contributed by atoms with Gasteiger partial charge in [-0.1, -0.05) is 18.0 Å². The summed E-state index contributed by atoms with van der Waals surface area (Å²) in [7, 11) is 0. The van der Waals surface area contributed by atoms with Crippen LogP contribution < -0.4 is 5.73 Å². The monoisotopic (exact) mass is 247 g/mol. The zero-order valence-electron chi connectivity index (χ0n) is 9.90. The summed E-state index contributed by atoms with van der Waals surface area (Å²) in [4.78, 5) is 4.38. The van der Waals surface area contributed by atoms with Gasteiger partial charge in [0.1, 0.15) is 5.82 Å². The van der Waals surface area contributed by atoms with Crippen LogP contribution >= 0.6 is 0 Å². The third-order valence-electron chi connectivity index (χ3n) is 3.41. The molecule has 1 fully saturated rings. The predicted octanol–water partition coefficient (Wildman–Crippen LogP) is 3.12. The molecule has 2 aromatic rings. The van der Waals surface area contributed by atoms with Crippen molar-refractivity contribution in [1.29, 1.82) is 0 Å². The van der Waals surface area contributed by atoms with Crippen LogP contribution in [0.2, 0.25) is 0 Å². The Kier molecular flexibility index (Phi) is 2.74. The summed E-state index contributed by atoms with van der Waals surface area (Å²) in [6.07, 6.45) is 4.67. The first-order valence-electron chi connectivity index (χ1n) is 6.13. The Labute approximate surface area is 104 Å². The van der Waals surface area contributed by atoms with Crippen LogP contribution in [-0.4, -0.2) is 10.1 Å². The van der Waals surface area contributed by atoms with Gasteiger partial charge in [0.05, 0.1) is 5.69 Å². The van der Waals surface area contributed by atoms with Crippen molar-refractivity contribution in [2.75, 3.05) is 5.73 Å². The van der Waals surface area contributed by atoms with Crippen LogP contribution in [0.3, 0.4) is 0 Å². The smallest absolute Gasteiger partial charge is 0.258 e. The summed E-state index contributed by atoms with van der Waals surface area (Å²) < 4.78 is 18.3. The van der Waals surface area contributed by atoms with Gasteiger partial charge in [0, 0.05) is 11.5 Å². The molecule has 3 rings (SSSR count). The molecule has 0 bridgehead atoms. The minimum absolute atomic E-state index is 0.0908. The fourth-order valence-corrected chi connectivity index (χ4v) is 2.38.